The molecule has 1 aliphatic rings. The second-order valence-corrected chi connectivity index (χ2v) is 5.89. The lowest BCUT2D eigenvalue weighted by atomic mass is 10.1. The summed E-state index contributed by atoms with van der Waals surface area (Å²) in [5.41, 5.74) is 2.75. The van der Waals surface area contributed by atoms with Crippen molar-refractivity contribution in [3.8, 4) is 17.2 Å². The number of nitrogens with zero attached hydrogens (tertiary/aromatic N) is 1. The molecule has 0 radical (unpaired) electrons. The summed E-state index contributed by atoms with van der Waals surface area (Å²) in [6, 6.07) is 20.1. The fourth-order valence-electron chi connectivity index (χ4n) is 2.73. The van der Waals surface area contributed by atoms with Crippen molar-refractivity contribution in [1.82, 2.24) is 0 Å². The van der Waals surface area contributed by atoms with E-state index < -0.39 is 4.92 Å². The highest BCUT2D eigenvalue weighted by molar-refractivity contribution is 5.78. The summed E-state index contributed by atoms with van der Waals surface area (Å²) >= 11 is 0. The maximum atomic E-state index is 11.0. The summed E-state index contributed by atoms with van der Waals surface area (Å²) in [5, 5.41) is 11.0. The summed E-state index contributed by atoms with van der Waals surface area (Å²) in [5.74, 6) is 1.73. The van der Waals surface area contributed by atoms with Crippen LogP contribution >= 0.6 is 0 Å². The molecule has 4 rings (SSSR count). The van der Waals surface area contributed by atoms with E-state index in [-0.39, 0.29) is 5.69 Å². The molecule has 3 aromatic rings. The molecule has 0 unspecified atom stereocenters. The van der Waals surface area contributed by atoms with E-state index in [9.17, 15) is 10.1 Å². The fourth-order valence-corrected chi connectivity index (χ4v) is 2.73. The zero-order valence-electron chi connectivity index (χ0n) is 13.8. The minimum Gasteiger partial charge on any atom is -0.489 e. The Morgan fingerprint density at radius 2 is 1.58 bits per heavy atom. The van der Waals surface area contributed by atoms with E-state index in [4.69, 9.17) is 9.47 Å². The van der Waals surface area contributed by atoms with Crippen molar-refractivity contribution in [3.05, 3.63) is 93.5 Å². The lowest BCUT2D eigenvalue weighted by Crippen LogP contribution is -1.96. The Balaban J connectivity index is 1.60. The highest BCUT2D eigenvalue weighted by Crippen LogP contribution is 2.37. The van der Waals surface area contributed by atoms with Crippen LogP contribution in [0.25, 0.3) is 12.2 Å². The molecular formula is C21H15NO4. The van der Waals surface area contributed by atoms with Gasteiger partial charge in [0, 0.05) is 23.3 Å². The minimum absolute atomic E-state index is 0.00270. The molecule has 0 atom stereocenters. The van der Waals surface area contributed by atoms with Gasteiger partial charge in [-0.05, 0) is 23.8 Å². The third-order valence-electron chi connectivity index (χ3n) is 4.10. The van der Waals surface area contributed by atoms with E-state index in [0.29, 0.717) is 23.9 Å². The number of fused-ring (bicyclic) bond motifs is 2. The van der Waals surface area contributed by atoms with Crippen LogP contribution in [0.15, 0.2) is 66.7 Å². The standard InChI is InChI=1S/C21H15NO4/c23-22(24)18-10-8-16-6-7-17-9-11-19(13-21(17)26-20(16)12-18)25-14-15-4-2-1-3-5-15/h1-13H,14H2. The van der Waals surface area contributed by atoms with Gasteiger partial charge in [0.15, 0.2) is 0 Å². The lowest BCUT2D eigenvalue weighted by Gasteiger charge is -2.11. The second-order valence-electron chi connectivity index (χ2n) is 5.89. The van der Waals surface area contributed by atoms with Gasteiger partial charge in [0.1, 0.15) is 23.9 Å². The number of benzene rings is 3. The van der Waals surface area contributed by atoms with Gasteiger partial charge < -0.3 is 9.47 Å². The average molecular weight is 345 g/mol. The molecule has 128 valence electrons. The van der Waals surface area contributed by atoms with Crippen LogP contribution in [0.4, 0.5) is 5.69 Å². The summed E-state index contributed by atoms with van der Waals surface area (Å²) in [6.07, 6.45) is 3.81. The van der Waals surface area contributed by atoms with Crippen molar-refractivity contribution in [2.45, 2.75) is 6.61 Å². The molecular weight excluding hydrogens is 330 g/mol. The first-order valence-corrected chi connectivity index (χ1v) is 8.14. The molecule has 0 N–H and O–H groups in total. The topological polar surface area (TPSA) is 61.6 Å². The van der Waals surface area contributed by atoms with Crippen LogP contribution in [0.1, 0.15) is 16.7 Å². The molecule has 0 amide bonds. The van der Waals surface area contributed by atoms with E-state index in [2.05, 4.69) is 0 Å². The van der Waals surface area contributed by atoms with E-state index in [1.807, 2.05) is 54.6 Å². The van der Waals surface area contributed by atoms with E-state index in [1.54, 1.807) is 12.1 Å². The number of hydrogen-bond acceptors (Lipinski definition) is 4. The first-order valence-electron chi connectivity index (χ1n) is 8.14. The highest BCUT2D eigenvalue weighted by atomic mass is 16.6. The van der Waals surface area contributed by atoms with Gasteiger partial charge in [-0.25, -0.2) is 0 Å². The molecule has 0 saturated heterocycles. The zero-order valence-corrected chi connectivity index (χ0v) is 13.8. The molecule has 0 spiro atoms. The maximum Gasteiger partial charge on any atom is 0.273 e. The molecule has 0 bridgehead atoms. The van der Waals surface area contributed by atoms with Gasteiger partial charge in [0.2, 0.25) is 0 Å². The normalized spacial score (nSPS) is 11.7. The number of non-ortho nitro benzene ring substituents is 1. The fraction of sp³-hybridized carbons (Fsp3) is 0.0476. The van der Waals surface area contributed by atoms with Crippen molar-refractivity contribution in [1.29, 1.82) is 0 Å². The van der Waals surface area contributed by atoms with Crippen LogP contribution in [-0.4, -0.2) is 4.92 Å². The van der Waals surface area contributed by atoms with Crippen molar-refractivity contribution in [2.75, 3.05) is 0 Å². The van der Waals surface area contributed by atoms with Crippen LogP contribution in [0.2, 0.25) is 0 Å². The Kier molecular flexibility index (Phi) is 4.11. The molecule has 5 heteroatoms. The Labute approximate surface area is 150 Å². The van der Waals surface area contributed by atoms with E-state index in [0.717, 1.165) is 16.7 Å². The van der Waals surface area contributed by atoms with Gasteiger partial charge in [0.25, 0.3) is 5.69 Å². The summed E-state index contributed by atoms with van der Waals surface area (Å²) < 4.78 is 11.8. The van der Waals surface area contributed by atoms with Crippen molar-refractivity contribution in [2.24, 2.45) is 0 Å². The largest absolute Gasteiger partial charge is 0.489 e. The number of hydrogen-bond donors (Lipinski definition) is 0. The molecule has 3 aromatic carbocycles. The first-order chi connectivity index (χ1) is 12.7. The minimum atomic E-state index is -0.432. The van der Waals surface area contributed by atoms with Gasteiger partial charge in [-0.15, -0.1) is 0 Å². The first kappa shape index (κ1) is 15.9. The van der Waals surface area contributed by atoms with Crippen LogP contribution in [0.3, 0.4) is 0 Å². The van der Waals surface area contributed by atoms with Gasteiger partial charge >= 0.3 is 0 Å². The summed E-state index contributed by atoms with van der Waals surface area (Å²) in [4.78, 5) is 10.6. The molecule has 1 aliphatic heterocycles. The van der Waals surface area contributed by atoms with Crippen LogP contribution in [0.5, 0.6) is 17.2 Å². The van der Waals surface area contributed by atoms with Crippen LogP contribution in [-0.2, 0) is 6.61 Å². The Morgan fingerprint density at radius 3 is 2.31 bits per heavy atom. The lowest BCUT2D eigenvalue weighted by molar-refractivity contribution is -0.384. The molecule has 5 nitrogen and oxygen atoms in total. The van der Waals surface area contributed by atoms with E-state index in [1.165, 1.54) is 12.1 Å². The smallest absolute Gasteiger partial charge is 0.273 e. The molecule has 1 heterocycles. The number of nitro benzene ring substituents is 1. The molecule has 0 fully saturated rings. The number of nitro groups is 1. The summed E-state index contributed by atoms with van der Waals surface area (Å²) in [7, 11) is 0. The number of ether oxygens (including phenoxy) is 2. The Bertz CT molecular complexity index is 996. The van der Waals surface area contributed by atoms with Gasteiger partial charge in [-0.3, -0.25) is 10.1 Å². The molecule has 26 heavy (non-hydrogen) atoms. The third kappa shape index (κ3) is 3.28. The maximum absolute atomic E-state index is 11.0. The third-order valence-corrected chi connectivity index (χ3v) is 4.10. The summed E-state index contributed by atoms with van der Waals surface area (Å²) in [6.45, 7) is 0.456. The Hall–Kier alpha value is -3.60. The van der Waals surface area contributed by atoms with Crippen molar-refractivity contribution in [3.63, 3.8) is 0 Å². The quantitative estimate of drug-likeness (QED) is 0.364. The predicted octanol–water partition coefficient (Wildman–Crippen LogP) is 5.45. The van der Waals surface area contributed by atoms with Gasteiger partial charge in [0.05, 0.1) is 11.0 Å². The molecule has 0 aromatic heterocycles. The van der Waals surface area contributed by atoms with Crippen molar-refractivity contribution < 1.29 is 14.4 Å². The molecule has 0 aliphatic carbocycles. The monoisotopic (exact) mass is 345 g/mol. The SMILES string of the molecule is O=[N+]([O-])c1ccc2c(c1)Oc1cc(OCc3ccccc3)ccc1C=C2. The van der Waals surface area contributed by atoms with Gasteiger partial charge in [-0.1, -0.05) is 42.5 Å². The van der Waals surface area contributed by atoms with Crippen LogP contribution < -0.4 is 9.47 Å². The van der Waals surface area contributed by atoms with Crippen molar-refractivity contribution >= 4 is 17.8 Å². The zero-order chi connectivity index (χ0) is 17.9. The molecule has 0 saturated carbocycles. The second kappa shape index (κ2) is 6.72. The average Bonchev–Trinajstić information content (AvgIpc) is 2.85. The van der Waals surface area contributed by atoms with Crippen LogP contribution in [0, 0.1) is 10.1 Å². The Morgan fingerprint density at radius 1 is 0.885 bits per heavy atom. The van der Waals surface area contributed by atoms with Gasteiger partial charge in [-0.2, -0.15) is 0 Å². The van der Waals surface area contributed by atoms with E-state index >= 15 is 0 Å². The highest BCUT2D eigenvalue weighted by Gasteiger charge is 2.16. The predicted molar refractivity (Wildman–Crippen MR) is 99.3 cm³/mol. The number of rotatable bonds is 4.